The third-order valence-corrected chi connectivity index (χ3v) is 5.13. The van der Waals surface area contributed by atoms with Crippen molar-refractivity contribution in [2.75, 3.05) is 11.4 Å². The number of aryl methyl sites for hydroxylation is 2. The molecule has 7 heteroatoms. The van der Waals surface area contributed by atoms with Crippen LogP contribution in [0.4, 0.5) is 24.5 Å². The van der Waals surface area contributed by atoms with Crippen LogP contribution in [-0.4, -0.2) is 28.9 Å². The molecule has 4 rings (SSSR count). The van der Waals surface area contributed by atoms with Crippen molar-refractivity contribution >= 4 is 23.0 Å². The number of rotatable bonds is 1. The number of Topliss-reactive ketones (excluding diaryl/α,β-unsaturated/α-hetero) is 1. The van der Waals surface area contributed by atoms with Gasteiger partial charge in [-0.25, -0.2) is 4.99 Å². The number of amidine groups is 1. The smallest absolute Gasteiger partial charge is 0.374 e. The second kappa shape index (κ2) is 5.66. The van der Waals surface area contributed by atoms with Crippen LogP contribution >= 0.6 is 0 Å². The normalized spacial score (nSPS) is 21.8. The monoisotopic (exact) mass is 374 g/mol. The molecule has 2 aromatic carbocycles. The number of halogens is 3. The maximum Gasteiger partial charge on any atom is 0.416 e. The highest BCUT2D eigenvalue weighted by molar-refractivity contribution is 6.28. The molecule has 0 unspecified atom stereocenters. The quantitative estimate of drug-likeness (QED) is 0.814. The molecule has 1 N–H and O–H groups in total. The number of anilines is 1. The zero-order valence-electron chi connectivity index (χ0n) is 14.8. The van der Waals surface area contributed by atoms with E-state index >= 15 is 0 Å². The molecule has 2 aliphatic heterocycles. The molecule has 0 radical (unpaired) electrons. The molecule has 1 saturated heterocycles. The van der Waals surface area contributed by atoms with Crippen LogP contribution in [0.25, 0.3) is 0 Å². The van der Waals surface area contributed by atoms with Crippen molar-refractivity contribution < 1.29 is 23.1 Å². The maximum absolute atomic E-state index is 13.3. The largest absolute Gasteiger partial charge is 0.416 e. The van der Waals surface area contributed by atoms with Crippen molar-refractivity contribution in [3.8, 4) is 0 Å². The number of ketones is 1. The van der Waals surface area contributed by atoms with Crippen LogP contribution in [0.1, 0.15) is 33.5 Å². The van der Waals surface area contributed by atoms with Gasteiger partial charge >= 0.3 is 6.18 Å². The molecule has 0 bridgehead atoms. The number of hydrogen-bond acceptors (Lipinski definition) is 4. The number of carbonyl (C=O) groups excluding carboxylic acids is 1. The van der Waals surface area contributed by atoms with E-state index in [1.807, 2.05) is 31.2 Å². The van der Waals surface area contributed by atoms with E-state index in [1.54, 1.807) is 4.90 Å². The maximum atomic E-state index is 13.3. The van der Waals surface area contributed by atoms with Gasteiger partial charge in [0.05, 0.1) is 11.3 Å². The zero-order valence-corrected chi connectivity index (χ0v) is 14.8. The van der Waals surface area contributed by atoms with E-state index in [9.17, 15) is 23.1 Å². The number of carbonyl (C=O) groups is 1. The lowest BCUT2D eigenvalue weighted by atomic mass is 9.86. The van der Waals surface area contributed by atoms with Gasteiger partial charge in [0.2, 0.25) is 5.78 Å². The molecule has 0 aromatic heterocycles. The van der Waals surface area contributed by atoms with Crippen molar-refractivity contribution in [3.63, 3.8) is 0 Å². The van der Waals surface area contributed by atoms with E-state index in [0.29, 0.717) is 6.54 Å². The van der Waals surface area contributed by atoms with Gasteiger partial charge in [0.15, 0.2) is 5.60 Å². The lowest BCUT2D eigenvalue weighted by molar-refractivity contribution is -0.138. The van der Waals surface area contributed by atoms with Gasteiger partial charge in [-0.3, -0.25) is 4.79 Å². The number of fused-ring (bicyclic) bond motifs is 2. The summed E-state index contributed by atoms with van der Waals surface area (Å²) in [7, 11) is 0. The number of aliphatic imine (C=N–C) groups is 1. The van der Waals surface area contributed by atoms with Crippen LogP contribution in [-0.2, 0) is 6.18 Å². The predicted octanol–water partition coefficient (Wildman–Crippen LogP) is 4.19. The average molecular weight is 374 g/mol. The van der Waals surface area contributed by atoms with Gasteiger partial charge in [0.25, 0.3) is 0 Å². The van der Waals surface area contributed by atoms with Crippen molar-refractivity contribution in [2.45, 2.75) is 32.0 Å². The number of aliphatic hydroxyl groups is 1. The molecule has 0 spiro atoms. The van der Waals surface area contributed by atoms with Crippen LogP contribution < -0.4 is 4.90 Å². The SMILES string of the molecule is Cc1cccc(N2CC[C@@]3(O)C(=O)c4cc(C)c(C(F)(F)F)cc4N=C23)c1. The molecule has 0 amide bonds. The highest BCUT2D eigenvalue weighted by Crippen LogP contribution is 2.43. The van der Waals surface area contributed by atoms with E-state index in [0.717, 1.165) is 17.3 Å². The summed E-state index contributed by atoms with van der Waals surface area (Å²) < 4.78 is 39.8. The molecule has 1 fully saturated rings. The van der Waals surface area contributed by atoms with Crippen LogP contribution in [0.15, 0.2) is 41.4 Å². The fraction of sp³-hybridized carbons (Fsp3) is 0.300. The number of benzene rings is 2. The minimum Gasteiger partial charge on any atom is -0.374 e. The lowest BCUT2D eigenvalue weighted by Crippen LogP contribution is -2.48. The Kier molecular flexibility index (Phi) is 3.72. The van der Waals surface area contributed by atoms with Crippen LogP contribution in [0.3, 0.4) is 0 Å². The summed E-state index contributed by atoms with van der Waals surface area (Å²) in [5.74, 6) is -0.517. The Labute approximate surface area is 154 Å². The van der Waals surface area contributed by atoms with E-state index in [-0.39, 0.29) is 29.1 Å². The molecule has 4 nitrogen and oxygen atoms in total. The second-order valence-electron chi connectivity index (χ2n) is 7.05. The number of nitrogens with zero attached hydrogens (tertiary/aromatic N) is 2. The highest BCUT2D eigenvalue weighted by Gasteiger charge is 2.52. The first-order valence-electron chi connectivity index (χ1n) is 8.53. The molecule has 0 saturated carbocycles. The third-order valence-electron chi connectivity index (χ3n) is 5.13. The van der Waals surface area contributed by atoms with Gasteiger partial charge < -0.3 is 10.0 Å². The summed E-state index contributed by atoms with van der Waals surface area (Å²) in [6, 6.07) is 9.51. The van der Waals surface area contributed by atoms with Crippen molar-refractivity contribution in [3.05, 3.63) is 58.7 Å². The van der Waals surface area contributed by atoms with Crippen LogP contribution in [0.2, 0.25) is 0 Å². The summed E-state index contributed by atoms with van der Waals surface area (Å²) in [5.41, 5.74) is -1.02. The van der Waals surface area contributed by atoms with Gasteiger partial charge in [-0.2, -0.15) is 13.2 Å². The van der Waals surface area contributed by atoms with E-state index in [4.69, 9.17) is 0 Å². The van der Waals surface area contributed by atoms with E-state index < -0.39 is 23.1 Å². The molecule has 27 heavy (non-hydrogen) atoms. The Morgan fingerprint density at radius 2 is 1.93 bits per heavy atom. The van der Waals surface area contributed by atoms with Crippen molar-refractivity contribution in [1.29, 1.82) is 0 Å². The van der Waals surface area contributed by atoms with Crippen molar-refractivity contribution in [2.24, 2.45) is 4.99 Å². The van der Waals surface area contributed by atoms with E-state index in [1.165, 1.54) is 13.0 Å². The highest BCUT2D eigenvalue weighted by atomic mass is 19.4. The summed E-state index contributed by atoms with van der Waals surface area (Å²) in [5, 5.41) is 11.0. The molecule has 2 heterocycles. The Bertz CT molecular complexity index is 997. The van der Waals surface area contributed by atoms with E-state index in [2.05, 4.69) is 4.99 Å². The molecule has 140 valence electrons. The number of hydrogen-bond donors (Lipinski definition) is 1. The topological polar surface area (TPSA) is 52.9 Å². The third kappa shape index (κ3) is 2.65. The van der Waals surface area contributed by atoms with Crippen molar-refractivity contribution in [1.82, 2.24) is 0 Å². The second-order valence-corrected chi connectivity index (χ2v) is 7.05. The predicted molar refractivity (Wildman–Crippen MR) is 95.7 cm³/mol. The lowest BCUT2D eigenvalue weighted by Gasteiger charge is -2.30. The Morgan fingerprint density at radius 1 is 1.19 bits per heavy atom. The first kappa shape index (κ1) is 17.7. The standard InChI is InChI=1S/C20H17F3N2O2/c1-11-4-3-5-13(8-11)25-7-6-19(27)17(26)14-9-12(2)15(20(21,22)23)10-16(14)24-18(19)25/h3-5,8-10,27H,6-7H2,1-2H3/t19-/m1/s1. The fourth-order valence-corrected chi connectivity index (χ4v) is 3.74. The summed E-state index contributed by atoms with van der Waals surface area (Å²) in [6.45, 7) is 3.56. The molecule has 2 aromatic rings. The fourth-order valence-electron chi connectivity index (χ4n) is 3.74. The summed E-state index contributed by atoms with van der Waals surface area (Å²) in [6.07, 6.45) is -4.40. The first-order valence-corrected chi connectivity index (χ1v) is 8.53. The van der Waals surface area contributed by atoms with Gasteiger partial charge in [-0.05, 0) is 49.2 Å². The minimum atomic E-state index is -4.54. The molecule has 1 atom stereocenters. The number of alkyl halides is 3. The summed E-state index contributed by atoms with van der Waals surface area (Å²) in [4.78, 5) is 18.9. The molecular weight excluding hydrogens is 357 g/mol. The first-order chi connectivity index (χ1) is 12.6. The Hall–Kier alpha value is -2.67. The summed E-state index contributed by atoms with van der Waals surface area (Å²) >= 11 is 0. The Balaban J connectivity index is 1.89. The minimum absolute atomic E-state index is 0.0258. The molecular formula is C20H17F3N2O2. The van der Waals surface area contributed by atoms with Crippen LogP contribution in [0, 0.1) is 13.8 Å². The van der Waals surface area contributed by atoms with Gasteiger partial charge in [-0.15, -0.1) is 0 Å². The molecule has 0 aliphatic carbocycles. The van der Waals surface area contributed by atoms with Gasteiger partial charge in [0.1, 0.15) is 5.84 Å². The molecule has 2 aliphatic rings. The van der Waals surface area contributed by atoms with Crippen LogP contribution in [0.5, 0.6) is 0 Å². The average Bonchev–Trinajstić information content (AvgIpc) is 2.93. The zero-order chi connectivity index (χ0) is 19.6. The van der Waals surface area contributed by atoms with Gasteiger partial charge in [0, 0.05) is 24.2 Å². The Morgan fingerprint density at radius 3 is 2.59 bits per heavy atom. The van der Waals surface area contributed by atoms with Gasteiger partial charge in [-0.1, -0.05) is 12.1 Å².